The molecule has 0 aliphatic carbocycles. The van der Waals surface area contributed by atoms with Gasteiger partial charge >= 0.3 is 7.60 Å². The number of hydrogen-bond acceptors (Lipinski definition) is 3. The summed E-state index contributed by atoms with van der Waals surface area (Å²) >= 11 is 0. The molecular formula is C7H16O3P. The molecule has 0 aliphatic rings. The molecule has 0 amide bonds. The van der Waals surface area contributed by atoms with Crippen molar-refractivity contribution in [3.63, 3.8) is 0 Å². The SMILES string of the molecule is [CH2]P(=O)(OCCC)OCCC. The predicted octanol–water partition coefficient (Wildman–Crippen LogP) is 2.82. The van der Waals surface area contributed by atoms with Gasteiger partial charge in [-0.1, -0.05) is 13.8 Å². The molecular weight excluding hydrogens is 163 g/mol. The zero-order valence-electron chi connectivity index (χ0n) is 7.21. The highest BCUT2D eigenvalue weighted by molar-refractivity contribution is 7.55. The third-order valence-electron chi connectivity index (χ3n) is 0.984. The summed E-state index contributed by atoms with van der Waals surface area (Å²) in [5, 5.41) is 0. The van der Waals surface area contributed by atoms with Crippen LogP contribution in [0.25, 0.3) is 0 Å². The second-order valence-corrected chi connectivity index (χ2v) is 4.02. The molecule has 0 rings (SSSR count). The first-order valence-corrected chi connectivity index (χ1v) is 5.58. The Labute approximate surface area is 68.6 Å². The van der Waals surface area contributed by atoms with E-state index < -0.39 is 7.60 Å². The van der Waals surface area contributed by atoms with Crippen LogP contribution in [0.4, 0.5) is 0 Å². The molecule has 0 heterocycles. The fourth-order valence-corrected chi connectivity index (χ4v) is 1.49. The molecule has 1 radical (unpaired) electrons. The molecule has 3 nitrogen and oxygen atoms in total. The minimum Gasteiger partial charge on any atom is -0.309 e. The Balaban J connectivity index is 3.53. The van der Waals surface area contributed by atoms with Crippen LogP contribution >= 0.6 is 7.60 Å². The standard InChI is InChI=1S/C7H16O3P/c1-4-6-9-11(3,8)10-7-5-2/h3-7H2,1-2H3. The lowest BCUT2D eigenvalue weighted by Crippen LogP contribution is -1.94. The fraction of sp³-hybridized carbons (Fsp3) is 0.857. The highest BCUT2D eigenvalue weighted by Crippen LogP contribution is 2.46. The molecule has 0 saturated heterocycles. The van der Waals surface area contributed by atoms with E-state index in [-0.39, 0.29) is 0 Å². The maximum Gasteiger partial charge on any atom is 0.331 e. The lowest BCUT2D eigenvalue weighted by atomic mass is 10.5. The zero-order chi connectivity index (χ0) is 8.74. The van der Waals surface area contributed by atoms with Crippen molar-refractivity contribution in [1.82, 2.24) is 0 Å². The quantitative estimate of drug-likeness (QED) is 0.588. The number of hydrogen-bond donors (Lipinski definition) is 0. The van der Waals surface area contributed by atoms with E-state index in [4.69, 9.17) is 9.05 Å². The van der Waals surface area contributed by atoms with Crippen molar-refractivity contribution in [1.29, 1.82) is 0 Å². The van der Waals surface area contributed by atoms with Crippen LogP contribution < -0.4 is 0 Å². The topological polar surface area (TPSA) is 35.5 Å². The minimum atomic E-state index is -2.98. The summed E-state index contributed by atoms with van der Waals surface area (Å²) in [7, 11) is -2.98. The van der Waals surface area contributed by atoms with Gasteiger partial charge in [-0.15, -0.1) is 0 Å². The van der Waals surface area contributed by atoms with E-state index in [1.54, 1.807) is 0 Å². The predicted molar refractivity (Wildman–Crippen MR) is 45.4 cm³/mol. The average Bonchev–Trinajstić information content (AvgIpc) is 1.97. The van der Waals surface area contributed by atoms with E-state index in [2.05, 4.69) is 6.66 Å². The molecule has 0 atom stereocenters. The van der Waals surface area contributed by atoms with Crippen molar-refractivity contribution in [2.45, 2.75) is 26.7 Å². The Bertz CT molecular complexity index is 124. The van der Waals surface area contributed by atoms with Crippen molar-refractivity contribution in [3.05, 3.63) is 6.66 Å². The summed E-state index contributed by atoms with van der Waals surface area (Å²) < 4.78 is 21.0. The number of rotatable bonds is 6. The summed E-state index contributed by atoms with van der Waals surface area (Å²) in [4.78, 5) is 0. The summed E-state index contributed by atoms with van der Waals surface area (Å²) in [6.45, 7) is 8.14. The molecule has 4 heteroatoms. The highest BCUT2D eigenvalue weighted by Gasteiger charge is 2.15. The van der Waals surface area contributed by atoms with Gasteiger partial charge in [-0.25, -0.2) is 0 Å². The fourth-order valence-electron chi connectivity index (χ4n) is 0.498. The second-order valence-electron chi connectivity index (χ2n) is 2.28. The lowest BCUT2D eigenvalue weighted by molar-refractivity contribution is 0.212. The van der Waals surface area contributed by atoms with Crippen LogP contribution in [0.1, 0.15) is 26.7 Å². The molecule has 0 unspecified atom stereocenters. The van der Waals surface area contributed by atoms with E-state index in [9.17, 15) is 4.57 Å². The molecule has 0 aromatic heterocycles. The Morgan fingerprint density at radius 3 is 1.82 bits per heavy atom. The maximum absolute atomic E-state index is 11.2. The Hall–Kier alpha value is 0.150. The highest BCUT2D eigenvalue weighted by atomic mass is 31.2. The summed E-state index contributed by atoms with van der Waals surface area (Å²) in [6.07, 6.45) is 1.66. The van der Waals surface area contributed by atoms with Gasteiger partial charge in [0.15, 0.2) is 0 Å². The molecule has 0 fully saturated rings. The van der Waals surface area contributed by atoms with Gasteiger partial charge in [-0.2, -0.15) is 0 Å². The molecule has 0 aromatic carbocycles. The molecule has 67 valence electrons. The molecule has 0 spiro atoms. The maximum atomic E-state index is 11.2. The largest absolute Gasteiger partial charge is 0.331 e. The van der Waals surface area contributed by atoms with Gasteiger partial charge in [0, 0.05) is 0 Å². The molecule has 0 aromatic rings. The zero-order valence-corrected chi connectivity index (χ0v) is 8.10. The lowest BCUT2D eigenvalue weighted by Gasteiger charge is -2.12. The summed E-state index contributed by atoms with van der Waals surface area (Å²) in [5.74, 6) is 0. The van der Waals surface area contributed by atoms with Crippen LogP contribution in [-0.4, -0.2) is 13.2 Å². The third-order valence-corrected chi connectivity index (χ3v) is 2.14. The molecule has 11 heavy (non-hydrogen) atoms. The molecule has 0 N–H and O–H groups in total. The van der Waals surface area contributed by atoms with Crippen molar-refractivity contribution < 1.29 is 13.6 Å². The van der Waals surface area contributed by atoms with Crippen LogP contribution in [0.2, 0.25) is 0 Å². The molecule has 0 saturated carbocycles. The smallest absolute Gasteiger partial charge is 0.309 e. The average molecular weight is 179 g/mol. The van der Waals surface area contributed by atoms with Gasteiger partial charge in [0.1, 0.15) is 0 Å². The summed E-state index contributed by atoms with van der Waals surface area (Å²) in [6, 6.07) is 0. The van der Waals surface area contributed by atoms with Crippen LogP contribution in [0.5, 0.6) is 0 Å². The monoisotopic (exact) mass is 179 g/mol. The summed E-state index contributed by atoms with van der Waals surface area (Å²) in [5.41, 5.74) is 0. The van der Waals surface area contributed by atoms with Crippen LogP contribution in [0, 0.1) is 6.66 Å². The van der Waals surface area contributed by atoms with E-state index >= 15 is 0 Å². The third kappa shape index (κ3) is 6.54. The van der Waals surface area contributed by atoms with Gasteiger partial charge in [0.05, 0.1) is 19.9 Å². The van der Waals surface area contributed by atoms with Crippen LogP contribution in [-0.2, 0) is 13.6 Å². The van der Waals surface area contributed by atoms with Gasteiger partial charge in [0.2, 0.25) is 0 Å². The van der Waals surface area contributed by atoms with Gasteiger partial charge in [-0.05, 0) is 12.8 Å². The van der Waals surface area contributed by atoms with Gasteiger partial charge in [0.25, 0.3) is 0 Å². The van der Waals surface area contributed by atoms with Crippen LogP contribution in [0.3, 0.4) is 0 Å². The van der Waals surface area contributed by atoms with E-state index in [0.717, 1.165) is 12.8 Å². The van der Waals surface area contributed by atoms with Crippen molar-refractivity contribution >= 4 is 7.60 Å². The Morgan fingerprint density at radius 2 is 1.55 bits per heavy atom. The van der Waals surface area contributed by atoms with E-state index in [1.165, 1.54) is 0 Å². The van der Waals surface area contributed by atoms with E-state index in [1.807, 2.05) is 13.8 Å². The Kier molecular flexibility index (Phi) is 5.83. The molecule has 0 bridgehead atoms. The second kappa shape index (κ2) is 5.76. The molecule has 0 aliphatic heterocycles. The first-order chi connectivity index (χ1) is 5.12. The van der Waals surface area contributed by atoms with Crippen molar-refractivity contribution in [2.75, 3.05) is 13.2 Å². The Morgan fingerprint density at radius 1 is 1.18 bits per heavy atom. The first-order valence-electron chi connectivity index (χ1n) is 3.86. The van der Waals surface area contributed by atoms with Crippen molar-refractivity contribution in [2.24, 2.45) is 0 Å². The first kappa shape index (κ1) is 11.2. The van der Waals surface area contributed by atoms with Gasteiger partial charge in [-0.3, -0.25) is 4.57 Å². The van der Waals surface area contributed by atoms with Crippen LogP contribution in [0.15, 0.2) is 0 Å². The van der Waals surface area contributed by atoms with Gasteiger partial charge < -0.3 is 9.05 Å². The minimum absolute atomic E-state index is 0.449. The van der Waals surface area contributed by atoms with E-state index in [0.29, 0.717) is 13.2 Å². The normalized spacial score (nSPS) is 11.9. The van der Waals surface area contributed by atoms with Crippen molar-refractivity contribution in [3.8, 4) is 0 Å².